The van der Waals surface area contributed by atoms with Crippen LogP contribution in [0.3, 0.4) is 0 Å². The summed E-state index contributed by atoms with van der Waals surface area (Å²) < 4.78 is 10.6. The molecule has 0 amide bonds. The van der Waals surface area contributed by atoms with Crippen LogP contribution in [0.25, 0.3) is 0 Å². The third-order valence-electron chi connectivity index (χ3n) is 3.77. The monoisotopic (exact) mass is 366 g/mol. The molecule has 0 unspecified atom stereocenters. The zero-order valence-corrected chi connectivity index (χ0v) is 14.2. The van der Waals surface area contributed by atoms with E-state index in [1.807, 2.05) is 13.0 Å². The van der Waals surface area contributed by atoms with Gasteiger partial charge in [-0.05, 0) is 31.2 Å². The van der Waals surface area contributed by atoms with Gasteiger partial charge in [0.05, 0.1) is 4.92 Å². The molecule has 0 saturated carbocycles. The topological polar surface area (TPSA) is 124 Å². The quantitative estimate of drug-likeness (QED) is 0.517. The summed E-state index contributed by atoms with van der Waals surface area (Å²) in [5.41, 5.74) is 1.05. The van der Waals surface area contributed by atoms with E-state index < -0.39 is 4.92 Å². The van der Waals surface area contributed by atoms with Crippen LogP contribution in [-0.2, 0) is 0 Å². The molecule has 1 aliphatic heterocycles. The lowest BCUT2D eigenvalue weighted by molar-refractivity contribution is -0.383. The molecule has 2 aromatic heterocycles. The molecule has 0 saturated heterocycles. The molecule has 0 aliphatic carbocycles. The Bertz CT molecular complexity index is 1030. The molecule has 2 N–H and O–H groups in total. The first kappa shape index (κ1) is 16.5. The van der Waals surface area contributed by atoms with Crippen LogP contribution in [0.1, 0.15) is 5.69 Å². The largest absolute Gasteiger partial charge is 0.454 e. The van der Waals surface area contributed by atoms with Gasteiger partial charge in [0, 0.05) is 17.4 Å². The molecular weight excluding hydrogens is 352 g/mol. The number of benzene rings is 1. The first-order valence-electron chi connectivity index (χ1n) is 7.97. The van der Waals surface area contributed by atoms with Gasteiger partial charge in [0.25, 0.3) is 0 Å². The average molecular weight is 366 g/mol. The van der Waals surface area contributed by atoms with Crippen molar-refractivity contribution in [3.05, 3.63) is 58.5 Å². The number of fused-ring (bicyclic) bond motifs is 1. The highest BCUT2D eigenvalue weighted by atomic mass is 16.7. The molecule has 0 fully saturated rings. The van der Waals surface area contributed by atoms with Crippen molar-refractivity contribution in [1.82, 2.24) is 15.0 Å². The third-order valence-corrected chi connectivity index (χ3v) is 3.77. The van der Waals surface area contributed by atoms with Gasteiger partial charge in [-0.2, -0.15) is 0 Å². The smallest absolute Gasteiger partial charge is 0.353 e. The minimum absolute atomic E-state index is 0.0383. The van der Waals surface area contributed by atoms with E-state index in [-0.39, 0.29) is 24.1 Å². The van der Waals surface area contributed by atoms with Gasteiger partial charge in [0.2, 0.25) is 18.4 Å². The Hall–Kier alpha value is -3.95. The van der Waals surface area contributed by atoms with Gasteiger partial charge in [0.1, 0.15) is 12.1 Å². The number of rotatable bonds is 5. The number of hydrogen-bond acceptors (Lipinski definition) is 9. The molecule has 27 heavy (non-hydrogen) atoms. The number of hydrogen-bond donors (Lipinski definition) is 2. The second-order valence-corrected chi connectivity index (χ2v) is 5.66. The number of aryl methyl sites for hydroxylation is 1. The highest BCUT2D eigenvalue weighted by Crippen LogP contribution is 2.37. The second-order valence-electron chi connectivity index (χ2n) is 5.66. The minimum Gasteiger partial charge on any atom is -0.454 e. The second kappa shape index (κ2) is 6.75. The maximum Gasteiger partial charge on any atom is 0.353 e. The van der Waals surface area contributed by atoms with E-state index in [0.717, 1.165) is 5.69 Å². The molecule has 0 spiro atoms. The Morgan fingerprint density at radius 1 is 1.07 bits per heavy atom. The number of anilines is 4. The van der Waals surface area contributed by atoms with Gasteiger partial charge in [-0.3, -0.25) is 10.1 Å². The molecule has 0 atom stereocenters. The van der Waals surface area contributed by atoms with Crippen molar-refractivity contribution >= 4 is 28.8 Å². The zero-order chi connectivity index (χ0) is 18.8. The Balaban J connectivity index is 1.67. The molecule has 0 radical (unpaired) electrons. The number of aromatic nitrogens is 3. The van der Waals surface area contributed by atoms with Crippen molar-refractivity contribution < 1.29 is 14.4 Å². The van der Waals surface area contributed by atoms with Crippen LogP contribution >= 0.6 is 0 Å². The average Bonchev–Trinajstić information content (AvgIpc) is 3.09. The predicted molar refractivity (Wildman–Crippen MR) is 96.8 cm³/mol. The van der Waals surface area contributed by atoms with Gasteiger partial charge in [0.15, 0.2) is 11.5 Å². The molecule has 4 rings (SSSR count). The van der Waals surface area contributed by atoms with Crippen LogP contribution < -0.4 is 20.1 Å². The maximum absolute atomic E-state index is 11.7. The highest BCUT2D eigenvalue weighted by molar-refractivity contribution is 5.76. The van der Waals surface area contributed by atoms with Crippen LogP contribution in [0.2, 0.25) is 0 Å². The van der Waals surface area contributed by atoms with Crippen molar-refractivity contribution in [3.63, 3.8) is 0 Å². The van der Waals surface area contributed by atoms with Crippen LogP contribution in [0, 0.1) is 17.0 Å². The summed E-state index contributed by atoms with van der Waals surface area (Å²) >= 11 is 0. The van der Waals surface area contributed by atoms with E-state index in [1.165, 1.54) is 6.33 Å². The van der Waals surface area contributed by atoms with Crippen molar-refractivity contribution in [2.45, 2.75) is 6.92 Å². The molecular formula is C17H14N6O4. The van der Waals surface area contributed by atoms with E-state index in [0.29, 0.717) is 23.0 Å². The maximum atomic E-state index is 11.7. The van der Waals surface area contributed by atoms with E-state index >= 15 is 0 Å². The predicted octanol–water partition coefficient (Wildman–Crippen LogP) is 3.30. The van der Waals surface area contributed by atoms with Crippen molar-refractivity contribution in [2.75, 3.05) is 17.4 Å². The van der Waals surface area contributed by atoms with Gasteiger partial charge in [-0.15, -0.1) is 0 Å². The molecule has 3 heterocycles. The Morgan fingerprint density at radius 2 is 1.85 bits per heavy atom. The number of pyridine rings is 1. The molecule has 1 aromatic carbocycles. The SMILES string of the molecule is Cc1cccc(Nc2ncnc(Nc3ccc4c(c3)OCO4)c2[N+](=O)[O-])n1. The van der Waals surface area contributed by atoms with Crippen molar-refractivity contribution in [2.24, 2.45) is 0 Å². The zero-order valence-electron chi connectivity index (χ0n) is 14.2. The number of nitrogens with zero attached hydrogens (tertiary/aromatic N) is 4. The van der Waals surface area contributed by atoms with Crippen LogP contribution in [-0.4, -0.2) is 26.7 Å². The lowest BCUT2D eigenvalue weighted by atomic mass is 10.2. The number of nitro groups is 1. The molecule has 1 aliphatic rings. The van der Waals surface area contributed by atoms with Crippen molar-refractivity contribution in [3.8, 4) is 11.5 Å². The van der Waals surface area contributed by atoms with Crippen LogP contribution in [0.15, 0.2) is 42.7 Å². The third kappa shape index (κ3) is 3.40. The minimum atomic E-state index is -0.548. The number of nitrogens with one attached hydrogen (secondary N) is 2. The fourth-order valence-corrected chi connectivity index (χ4v) is 2.58. The molecule has 10 heteroatoms. The van der Waals surface area contributed by atoms with E-state index in [4.69, 9.17) is 9.47 Å². The summed E-state index contributed by atoms with van der Waals surface area (Å²) in [6.07, 6.45) is 1.24. The van der Waals surface area contributed by atoms with Crippen LogP contribution in [0.4, 0.5) is 28.8 Å². The Kier molecular flexibility index (Phi) is 4.13. The Morgan fingerprint density at radius 3 is 2.63 bits per heavy atom. The summed E-state index contributed by atoms with van der Waals surface area (Å²) in [7, 11) is 0. The summed E-state index contributed by atoms with van der Waals surface area (Å²) in [5.74, 6) is 1.70. The van der Waals surface area contributed by atoms with E-state index in [2.05, 4.69) is 25.6 Å². The normalized spacial score (nSPS) is 11.9. The fourth-order valence-electron chi connectivity index (χ4n) is 2.58. The molecule has 3 aromatic rings. The van der Waals surface area contributed by atoms with E-state index in [1.54, 1.807) is 30.3 Å². The summed E-state index contributed by atoms with van der Waals surface area (Å²) in [5, 5.41) is 17.5. The van der Waals surface area contributed by atoms with Gasteiger partial charge < -0.3 is 20.1 Å². The Labute approximate surface area is 153 Å². The molecule has 10 nitrogen and oxygen atoms in total. The lowest BCUT2D eigenvalue weighted by Crippen LogP contribution is -2.06. The van der Waals surface area contributed by atoms with Crippen LogP contribution in [0.5, 0.6) is 11.5 Å². The first-order valence-corrected chi connectivity index (χ1v) is 7.97. The summed E-state index contributed by atoms with van der Waals surface area (Å²) in [6, 6.07) is 10.4. The first-order chi connectivity index (χ1) is 13.1. The van der Waals surface area contributed by atoms with Gasteiger partial charge in [-0.1, -0.05) is 6.07 Å². The van der Waals surface area contributed by atoms with E-state index in [9.17, 15) is 10.1 Å². The van der Waals surface area contributed by atoms with Gasteiger partial charge >= 0.3 is 5.69 Å². The fraction of sp³-hybridized carbons (Fsp3) is 0.118. The van der Waals surface area contributed by atoms with Crippen molar-refractivity contribution in [1.29, 1.82) is 0 Å². The summed E-state index contributed by atoms with van der Waals surface area (Å²) in [6.45, 7) is 1.97. The molecule has 136 valence electrons. The van der Waals surface area contributed by atoms with Gasteiger partial charge in [-0.25, -0.2) is 15.0 Å². The standard InChI is InChI=1S/C17H14N6O4/c1-10-3-2-4-14(20-10)22-17-15(23(24)25)16(18-8-19-17)21-11-5-6-12-13(7-11)27-9-26-12/h2-8H,9H2,1H3,(H2,18,19,20,21,22). The molecule has 0 bridgehead atoms. The number of ether oxygens (including phenoxy) is 2. The highest BCUT2D eigenvalue weighted by Gasteiger charge is 2.24. The lowest BCUT2D eigenvalue weighted by Gasteiger charge is -2.10. The summed E-state index contributed by atoms with van der Waals surface area (Å²) in [4.78, 5) is 23.4.